The third-order valence-corrected chi connectivity index (χ3v) is 3.32. The van der Waals surface area contributed by atoms with Crippen LogP contribution < -0.4 is 0 Å². The Balaban J connectivity index is 6.29. The van der Waals surface area contributed by atoms with E-state index in [0.29, 0.717) is 0 Å². The van der Waals surface area contributed by atoms with Gasteiger partial charge < -0.3 is 23.7 Å². The third kappa shape index (κ3) is 10.2. The van der Waals surface area contributed by atoms with Crippen LogP contribution in [0.25, 0.3) is 0 Å². The van der Waals surface area contributed by atoms with Gasteiger partial charge in [0.1, 0.15) is 6.61 Å². The van der Waals surface area contributed by atoms with Gasteiger partial charge in [0, 0.05) is 41.0 Å². The minimum Gasteiger partial charge on any atom is -0.462 e. The van der Waals surface area contributed by atoms with Crippen LogP contribution >= 0.6 is 0 Å². The van der Waals surface area contributed by atoms with Crippen molar-refractivity contribution in [3.8, 4) is 0 Å². The number of hydrogen-bond acceptors (Lipinski definition) is 11. The van der Waals surface area contributed by atoms with Crippen LogP contribution in [0.1, 0.15) is 48.0 Å². The molecule has 0 bridgehead atoms. The standard InChI is InChI=1S/C18H26O11/c1-7-14(24)16(27-11(4)21)18(29-13(6)23)17(28-12(5)22)15(26-10(3)20)8-25-9(2)19/h15-18H,7-8H2,1-6H3/t15-,16+,17+,18-/m1/s1. The summed E-state index contributed by atoms with van der Waals surface area (Å²) in [6.07, 6.45) is -6.48. The van der Waals surface area contributed by atoms with Gasteiger partial charge >= 0.3 is 29.8 Å². The van der Waals surface area contributed by atoms with Gasteiger partial charge in [-0.05, 0) is 0 Å². The maximum atomic E-state index is 12.4. The second-order valence-electron chi connectivity index (χ2n) is 5.95. The summed E-state index contributed by atoms with van der Waals surface area (Å²) in [5, 5.41) is 0. The fraction of sp³-hybridized carbons (Fsp3) is 0.667. The molecular formula is C18H26O11. The van der Waals surface area contributed by atoms with E-state index in [2.05, 4.69) is 0 Å². The first kappa shape index (κ1) is 26.0. The first-order valence-electron chi connectivity index (χ1n) is 8.73. The summed E-state index contributed by atoms with van der Waals surface area (Å²) in [4.78, 5) is 69.9. The maximum absolute atomic E-state index is 12.4. The van der Waals surface area contributed by atoms with Crippen molar-refractivity contribution < 1.29 is 52.5 Å². The molecule has 0 saturated carbocycles. The van der Waals surface area contributed by atoms with Crippen molar-refractivity contribution in [1.29, 1.82) is 0 Å². The molecule has 164 valence electrons. The van der Waals surface area contributed by atoms with E-state index < -0.39 is 66.7 Å². The fourth-order valence-electron chi connectivity index (χ4n) is 2.34. The zero-order chi connectivity index (χ0) is 22.7. The summed E-state index contributed by atoms with van der Waals surface area (Å²) in [6.45, 7) is 6.13. The van der Waals surface area contributed by atoms with Gasteiger partial charge in [-0.1, -0.05) is 6.92 Å². The SMILES string of the molecule is CCC(=O)[C@H](OC(C)=O)[C@@H](OC(C)=O)[C@@H](OC(C)=O)[C@@H](COC(C)=O)OC(C)=O. The van der Waals surface area contributed by atoms with Gasteiger partial charge in [-0.15, -0.1) is 0 Å². The number of rotatable bonds is 11. The van der Waals surface area contributed by atoms with E-state index in [-0.39, 0.29) is 6.42 Å². The second-order valence-corrected chi connectivity index (χ2v) is 5.95. The molecule has 0 radical (unpaired) electrons. The molecule has 0 aliphatic rings. The van der Waals surface area contributed by atoms with Crippen LogP contribution in [-0.2, 0) is 52.5 Å². The van der Waals surface area contributed by atoms with Crippen molar-refractivity contribution in [1.82, 2.24) is 0 Å². The number of esters is 5. The van der Waals surface area contributed by atoms with Crippen molar-refractivity contribution in [2.24, 2.45) is 0 Å². The molecule has 4 atom stereocenters. The Hall–Kier alpha value is -2.98. The van der Waals surface area contributed by atoms with Gasteiger partial charge in [0.15, 0.2) is 24.1 Å². The highest BCUT2D eigenvalue weighted by Gasteiger charge is 2.46. The molecule has 0 heterocycles. The van der Waals surface area contributed by atoms with Gasteiger partial charge in [-0.25, -0.2) is 0 Å². The topological polar surface area (TPSA) is 149 Å². The molecule has 0 fully saturated rings. The van der Waals surface area contributed by atoms with Crippen molar-refractivity contribution >= 4 is 35.6 Å². The molecule has 11 heteroatoms. The first-order chi connectivity index (χ1) is 13.4. The minimum absolute atomic E-state index is 0.106. The number of hydrogen-bond donors (Lipinski definition) is 0. The van der Waals surface area contributed by atoms with Crippen LogP contribution in [0, 0.1) is 0 Å². The summed E-state index contributed by atoms with van der Waals surface area (Å²) >= 11 is 0. The molecule has 0 aromatic heterocycles. The van der Waals surface area contributed by atoms with Crippen LogP contribution in [0.2, 0.25) is 0 Å². The van der Waals surface area contributed by atoms with E-state index in [1.54, 1.807) is 0 Å². The number of carbonyl (C=O) groups is 6. The zero-order valence-corrected chi connectivity index (χ0v) is 17.2. The first-order valence-corrected chi connectivity index (χ1v) is 8.73. The molecule has 0 aromatic carbocycles. The normalized spacial score (nSPS) is 14.4. The highest BCUT2D eigenvalue weighted by atomic mass is 16.6. The smallest absolute Gasteiger partial charge is 0.303 e. The largest absolute Gasteiger partial charge is 0.462 e. The lowest BCUT2D eigenvalue weighted by molar-refractivity contribution is -0.203. The maximum Gasteiger partial charge on any atom is 0.303 e. The summed E-state index contributed by atoms with van der Waals surface area (Å²) < 4.78 is 25.2. The van der Waals surface area contributed by atoms with Gasteiger partial charge in [0.05, 0.1) is 0 Å². The molecule has 0 aliphatic heterocycles. The Morgan fingerprint density at radius 3 is 1.45 bits per heavy atom. The van der Waals surface area contributed by atoms with Gasteiger partial charge in [0.2, 0.25) is 6.10 Å². The van der Waals surface area contributed by atoms with E-state index in [9.17, 15) is 28.8 Å². The van der Waals surface area contributed by atoms with E-state index in [0.717, 1.165) is 34.6 Å². The summed E-state index contributed by atoms with van der Waals surface area (Å²) in [7, 11) is 0. The van der Waals surface area contributed by atoms with Crippen LogP contribution in [0.5, 0.6) is 0 Å². The molecule has 0 saturated heterocycles. The lowest BCUT2D eigenvalue weighted by Crippen LogP contribution is -2.55. The molecular weight excluding hydrogens is 392 g/mol. The number of Topliss-reactive ketones (excluding diaryl/α,β-unsaturated/α-hetero) is 1. The van der Waals surface area contributed by atoms with Gasteiger partial charge in [-0.2, -0.15) is 0 Å². The quantitative estimate of drug-likeness (QED) is 0.336. The minimum atomic E-state index is -1.66. The lowest BCUT2D eigenvalue weighted by atomic mass is 9.98. The molecule has 0 aliphatic carbocycles. The predicted molar refractivity (Wildman–Crippen MR) is 94.1 cm³/mol. The molecule has 0 N–H and O–H groups in total. The lowest BCUT2D eigenvalue weighted by Gasteiger charge is -2.34. The molecule has 0 spiro atoms. The number of ether oxygens (including phenoxy) is 5. The monoisotopic (exact) mass is 418 g/mol. The van der Waals surface area contributed by atoms with Crippen LogP contribution in [0.15, 0.2) is 0 Å². The van der Waals surface area contributed by atoms with Crippen molar-refractivity contribution in [3.05, 3.63) is 0 Å². The molecule has 0 rings (SSSR count). The summed E-state index contributed by atoms with van der Waals surface area (Å²) in [5.41, 5.74) is 0. The Kier molecular flexibility index (Phi) is 11.2. The second kappa shape index (κ2) is 12.5. The van der Waals surface area contributed by atoms with Crippen molar-refractivity contribution in [3.63, 3.8) is 0 Å². The zero-order valence-electron chi connectivity index (χ0n) is 17.2. The predicted octanol–water partition coefficient (Wildman–Crippen LogP) is 0.255. The number of ketones is 1. The molecule has 0 amide bonds. The Morgan fingerprint density at radius 2 is 1.07 bits per heavy atom. The summed E-state index contributed by atoms with van der Waals surface area (Å²) in [6, 6.07) is 0. The van der Waals surface area contributed by atoms with Gasteiger partial charge in [0.25, 0.3) is 0 Å². The van der Waals surface area contributed by atoms with Crippen LogP contribution in [0.3, 0.4) is 0 Å². The van der Waals surface area contributed by atoms with E-state index in [1.807, 2.05) is 0 Å². The van der Waals surface area contributed by atoms with E-state index in [1.165, 1.54) is 6.92 Å². The van der Waals surface area contributed by atoms with Gasteiger partial charge in [-0.3, -0.25) is 28.8 Å². The van der Waals surface area contributed by atoms with E-state index in [4.69, 9.17) is 23.7 Å². The third-order valence-electron chi connectivity index (χ3n) is 3.32. The molecule has 11 nitrogen and oxygen atoms in total. The summed E-state index contributed by atoms with van der Waals surface area (Å²) in [5.74, 6) is -4.82. The van der Waals surface area contributed by atoms with E-state index >= 15 is 0 Å². The highest BCUT2D eigenvalue weighted by Crippen LogP contribution is 2.21. The Morgan fingerprint density at radius 1 is 0.621 bits per heavy atom. The van der Waals surface area contributed by atoms with Crippen molar-refractivity contribution in [2.45, 2.75) is 72.4 Å². The Labute approximate surface area is 167 Å². The van der Waals surface area contributed by atoms with Crippen LogP contribution in [-0.4, -0.2) is 66.7 Å². The highest BCUT2D eigenvalue weighted by molar-refractivity contribution is 5.86. The molecule has 0 aromatic rings. The van der Waals surface area contributed by atoms with Crippen molar-refractivity contribution in [2.75, 3.05) is 6.61 Å². The Bertz CT molecular complexity index is 640. The average molecular weight is 418 g/mol. The average Bonchev–Trinajstić information content (AvgIpc) is 2.58. The molecule has 29 heavy (non-hydrogen) atoms. The van der Waals surface area contributed by atoms with Crippen LogP contribution in [0.4, 0.5) is 0 Å². The fourth-order valence-corrected chi connectivity index (χ4v) is 2.34. The number of carbonyl (C=O) groups excluding carboxylic acids is 6. The molecule has 0 unspecified atom stereocenters.